The van der Waals surface area contributed by atoms with Crippen LogP contribution in [-0.2, 0) is 6.54 Å². The maximum absolute atomic E-state index is 5.31. The zero-order valence-electron chi connectivity index (χ0n) is 21.6. The summed E-state index contributed by atoms with van der Waals surface area (Å²) in [4.78, 5) is 15.2. The lowest BCUT2D eigenvalue weighted by Crippen LogP contribution is -2.31. The summed E-state index contributed by atoms with van der Waals surface area (Å²) in [6.07, 6.45) is 5.21. The Morgan fingerprint density at radius 3 is 2.50 bits per heavy atom. The van der Waals surface area contributed by atoms with Crippen LogP contribution in [0.4, 0.5) is 5.82 Å². The quantitative estimate of drug-likeness (QED) is 0.332. The fraction of sp³-hybridized carbons (Fsp3) is 0.414. The lowest BCUT2D eigenvalue weighted by molar-refractivity contribution is 0.285. The van der Waals surface area contributed by atoms with Gasteiger partial charge in [0, 0.05) is 38.6 Å². The summed E-state index contributed by atoms with van der Waals surface area (Å²) in [6, 6.07) is 18.7. The number of rotatable bonds is 8. The highest BCUT2D eigenvalue weighted by atomic mass is 16.5. The summed E-state index contributed by atoms with van der Waals surface area (Å²) in [7, 11) is 1.71. The van der Waals surface area contributed by atoms with E-state index in [-0.39, 0.29) is 0 Å². The van der Waals surface area contributed by atoms with E-state index >= 15 is 0 Å². The number of ether oxygens (including phenoxy) is 1. The van der Waals surface area contributed by atoms with Crippen LogP contribution in [0.5, 0.6) is 5.75 Å². The van der Waals surface area contributed by atoms with Gasteiger partial charge < -0.3 is 9.64 Å². The smallest absolute Gasteiger partial charge is 0.168 e. The monoisotopic (exact) mass is 484 g/mol. The molecule has 0 aliphatic carbocycles. The summed E-state index contributed by atoms with van der Waals surface area (Å²) < 4.78 is 7.26. The van der Waals surface area contributed by atoms with Gasteiger partial charge in [-0.3, -0.25) is 4.90 Å². The molecule has 188 valence electrons. The van der Waals surface area contributed by atoms with Gasteiger partial charge in [0.1, 0.15) is 17.4 Å². The number of benzene rings is 2. The highest BCUT2D eigenvalue weighted by molar-refractivity contribution is 5.88. The second kappa shape index (κ2) is 11.1. The minimum Gasteiger partial charge on any atom is -0.497 e. The van der Waals surface area contributed by atoms with Crippen molar-refractivity contribution in [2.24, 2.45) is 0 Å². The Bertz CT molecular complexity index is 1270. The summed E-state index contributed by atoms with van der Waals surface area (Å²) >= 11 is 0. The number of hydrogen-bond donors (Lipinski definition) is 0. The third-order valence-corrected chi connectivity index (χ3v) is 7.04. The molecule has 0 amide bonds. The Morgan fingerprint density at radius 2 is 1.75 bits per heavy atom. The molecule has 3 heterocycles. The molecule has 7 heteroatoms. The van der Waals surface area contributed by atoms with E-state index in [0.717, 1.165) is 86.1 Å². The molecule has 36 heavy (non-hydrogen) atoms. The van der Waals surface area contributed by atoms with Crippen molar-refractivity contribution in [3.63, 3.8) is 0 Å². The summed E-state index contributed by atoms with van der Waals surface area (Å²) in [5.41, 5.74) is 3.23. The number of para-hydroxylation sites is 1. The minimum atomic E-state index is 0.302. The van der Waals surface area contributed by atoms with E-state index in [1.54, 1.807) is 7.11 Å². The van der Waals surface area contributed by atoms with E-state index in [0.29, 0.717) is 5.92 Å². The Labute approximate surface area is 213 Å². The lowest BCUT2D eigenvalue weighted by Gasteiger charge is -2.24. The number of nitrogens with zero attached hydrogens (tertiary/aromatic N) is 6. The van der Waals surface area contributed by atoms with Crippen LogP contribution in [0, 0.1) is 0 Å². The van der Waals surface area contributed by atoms with Crippen LogP contribution in [0.2, 0.25) is 0 Å². The van der Waals surface area contributed by atoms with Crippen LogP contribution >= 0.6 is 0 Å². The van der Waals surface area contributed by atoms with Gasteiger partial charge in [-0.25, -0.2) is 14.6 Å². The van der Waals surface area contributed by atoms with Crippen LogP contribution in [-0.4, -0.2) is 57.9 Å². The molecule has 2 aromatic carbocycles. The number of methoxy groups -OCH3 is 1. The Morgan fingerprint density at radius 1 is 0.944 bits per heavy atom. The molecule has 1 aliphatic rings. The maximum atomic E-state index is 5.31. The second-order valence-electron chi connectivity index (χ2n) is 9.69. The second-order valence-corrected chi connectivity index (χ2v) is 9.69. The molecule has 7 nitrogen and oxygen atoms in total. The Hall–Kier alpha value is -3.45. The van der Waals surface area contributed by atoms with E-state index < -0.39 is 0 Å². The fourth-order valence-electron chi connectivity index (χ4n) is 5.02. The zero-order chi connectivity index (χ0) is 24.9. The number of anilines is 1. The van der Waals surface area contributed by atoms with Crippen molar-refractivity contribution in [3.05, 3.63) is 72.2 Å². The van der Waals surface area contributed by atoms with Gasteiger partial charge >= 0.3 is 0 Å². The number of fused-ring (bicyclic) bond motifs is 1. The molecule has 0 bridgehead atoms. The first-order valence-corrected chi connectivity index (χ1v) is 13.1. The Balaban J connectivity index is 1.43. The van der Waals surface area contributed by atoms with Crippen molar-refractivity contribution in [1.29, 1.82) is 0 Å². The molecular formula is C29H36N6O. The molecule has 1 saturated heterocycles. The molecular weight excluding hydrogens is 448 g/mol. The van der Waals surface area contributed by atoms with Crippen molar-refractivity contribution in [1.82, 2.24) is 24.6 Å². The van der Waals surface area contributed by atoms with Crippen molar-refractivity contribution >= 4 is 16.9 Å². The molecule has 1 fully saturated rings. The molecule has 0 N–H and O–H groups in total. The predicted octanol–water partition coefficient (Wildman–Crippen LogP) is 5.44. The summed E-state index contributed by atoms with van der Waals surface area (Å²) in [5, 5.41) is 5.77. The average molecular weight is 485 g/mol. The van der Waals surface area contributed by atoms with Crippen LogP contribution in [0.1, 0.15) is 50.4 Å². The van der Waals surface area contributed by atoms with Crippen LogP contribution in [0.25, 0.3) is 16.7 Å². The van der Waals surface area contributed by atoms with Gasteiger partial charge in [-0.1, -0.05) is 50.6 Å². The van der Waals surface area contributed by atoms with Crippen molar-refractivity contribution < 1.29 is 4.74 Å². The highest BCUT2D eigenvalue weighted by Gasteiger charge is 2.23. The van der Waals surface area contributed by atoms with E-state index in [1.165, 1.54) is 5.56 Å². The first-order chi connectivity index (χ1) is 17.7. The van der Waals surface area contributed by atoms with Crippen molar-refractivity contribution in [2.45, 2.75) is 45.6 Å². The van der Waals surface area contributed by atoms with Gasteiger partial charge in [0.2, 0.25) is 0 Å². The fourth-order valence-corrected chi connectivity index (χ4v) is 5.02. The van der Waals surface area contributed by atoms with Crippen LogP contribution < -0.4 is 9.64 Å². The van der Waals surface area contributed by atoms with Gasteiger partial charge in [-0.15, -0.1) is 0 Å². The zero-order valence-corrected chi connectivity index (χ0v) is 21.6. The SMILES string of the molecule is CCCC(C)c1nc(N2CCCN(Cc3ccc(OC)cc3)CC2)c2cnn(-c3ccccc3)c2n1. The molecule has 0 radical (unpaired) electrons. The molecule has 0 saturated carbocycles. The summed E-state index contributed by atoms with van der Waals surface area (Å²) in [5.74, 6) is 3.14. The van der Waals surface area contributed by atoms with Crippen molar-refractivity contribution in [2.75, 3.05) is 38.2 Å². The minimum absolute atomic E-state index is 0.302. The number of hydrogen-bond acceptors (Lipinski definition) is 6. The first-order valence-electron chi connectivity index (χ1n) is 13.1. The van der Waals surface area contributed by atoms with Gasteiger partial charge in [0.05, 0.1) is 24.4 Å². The van der Waals surface area contributed by atoms with Crippen LogP contribution in [0.15, 0.2) is 60.8 Å². The molecule has 1 unspecified atom stereocenters. The normalized spacial score (nSPS) is 15.7. The molecule has 1 aliphatic heterocycles. The molecule has 2 aromatic heterocycles. The van der Waals surface area contributed by atoms with Crippen LogP contribution in [0.3, 0.4) is 0 Å². The first kappa shape index (κ1) is 24.3. The van der Waals surface area contributed by atoms with E-state index in [1.807, 2.05) is 41.2 Å². The lowest BCUT2D eigenvalue weighted by atomic mass is 10.1. The Kier molecular flexibility index (Phi) is 7.47. The van der Waals surface area contributed by atoms with Crippen molar-refractivity contribution in [3.8, 4) is 11.4 Å². The van der Waals surface area contributed by atoms with Gasteiger partial charge in [-0.05, 0) is 42.7 Å². The largest absolute Gasteiger partial charge is 0.497 e. The molecule has 5 rings (SSSR count). The third-order valence-electron chi connectivity index (χ3n) is 7.04. The molecule has 0 spiro atoms. The predicted molar refractivity (Wildman–Crippen MR) is 145 cm³/mol. The number of aromatic nitrogens is 4. The highest BCUT2D eigenvalue weighted by Crippen LogP contribution is 2.30. The average Bonchev–Trinajstić information content (AvgIpc) is 3.21. The standard InChI is InChI=1S/C29H36N6O/c1-4-9-22(2)27-31-28(26-20-30-35(29(26)32-27)24-10-6-5-7-11-24)34-17-8-16-33(18-19-34)21-23-12-14-25(36-3)15-13-23/h5-7,10-15,20,22H,4,8-9,16-19,21H2,1-3H3. The summed E-state index contributed by atoms with van der Waals surface area (Å²) in [6.45, 7) is 9.36. The topological polar surface area (TPSA) is 59.3 Å². The van der Waals surface area contributed by atoms with Gasteiger partial charge in [-0.2, -0.15) is 5.10 Å². The van der Waals surface area contributed by atoms with Gasteiger partial charge in [0.15, 0.2) is 5.65 Å². The third kappa shape index (κ3) is 5.21. The van der Waals surface area contributed by atoms with E-state index in [2.05, 4.69) is 47.9 Å². The molecule has 4 aromatic rings. The van der Waals surface area contributed by atoms with Gasteiger partial charge in [0.25, 0.3) is 0 Å². The molecule has 1 atom stereocenters. The van der Waals surface area contributed by atoms with E-state index in [4.69, 9.17) is 19.8 Å². The van der Waals surface area contributed by atoms with E-state index in [9.17, 15) is 0 Å². The maximum Gasteiger partial charge on any atom is 0.168 e.